The Bertz CT molecular complexity index is 1400. The van der Waals surface area contributed by atoms with Crippen molar-refractivity contribution in [2.24, 2.45) is 5.73 Å². The highest BCUT2D eigenvalue weighted by atomic mass is 32.2. The number of hydrogen-bond acceptors (Lipinski definition) is 5. The lowest BCUT2D eigenvalue weighted by Gasteiger charge is -2.16. The molecule has 7 nitrogen and oxygen atoms in total. The van der Waals surface area contributed by atoms with Crippen molar-refractivity contribution >= 4 is 40.2 Å². The maximum Gasteiger partial charge on any atom is 0.266 e. The van der Waals surface area contributed by atoms with Crippen molar-refractivity contribution in [3.63, 3.8) is 0 Å². The summed E-state index contributed by atoms with van der Waals surface area (Å²) in [5.74, 6) is -0.794. The fourth-order valence-electron chi connectivity index (χ4n) is 3.29. The number of thioether (sulfide) groups is 1. The van der Waals surface area contributed by atoms with Crippen LogP contribution in [-0.4, -0.2) is 26.6 Å². The van der Waals surface area contributed by atoms with Gasteiger partial charge in [0.1, 0.15) is 0 Å². The van der Waals surface area contributed by atoms with Gasteiger partial charge in [-0.3, -0.25) is 19.0 Å². The number of amides is 2. The summed E-state index contributed by atoms with van der Waals surface area (Å²) in [6, 6.07) is 21.1. The Morgan fingerprint density at radius 2 is 1.67 bits per heavy atom. The molecule has 8 heteroatoms. The van der Waals surface area contributed by atoms with Gasteiger partial charge in [-0.15, -0.1) is 0 Å². The van der Waals surface area contributed by atoms with Gasteiger partial charge in [-0.25, -0.2) is 4.98 Å². The molecule has 0 fully saturated rings. The van der Waals surface area contributed by atoms with Crippen LogP contribution in [0.3, 0.4) is 0 Å². The molecule has 0 unspecified atom stereocenters. The van der Waals surface area contributed by atoms with Crippen molar-refractivity contribution in [2.75, 3.05) is 5.32 Å². The molecule has 0 saturated carbocycles. The Morgan fingerprint density at radius 3 is 2.33 bits per heavy atom. The van der Waals surface area contributed by atoms with Crippen LogP contribution in [0.5, 0.6) is 0 Å². The Morgan fingerprint density at radius 1 is 1.00 bits per heavy atom. The van der Waals surface area contributed by atoms with E-state index in [0.717, 1.165) is 5.56 Å². The predicted octanol–water partition coefficient (Wildman–Crippen LogP) is 3.91. The standard InChI is InChI=1S/C25H22N4O3S/c1-15-7-13-19(14-8-15)29-24(32)20-5-3-4-6-21(20)28-25(29)33-16(2)23(31)27-18-11-9-17(10-12-18)22(26)30/h3-14,16H,1-2H3,(H2,26,30)(H,27,31)/t16-/m1/s1. The number of nitrogens with one attached hydrogen (secondary N) is 1. The predicted molar refractivity (Wildman–Crippen MR) is 131 cm³/mol. The third kappa shape index (κ3) is 4.80. The Labute approximate surface area is 194 Å². The van der Waals surface area contributed by atoms with Crippen LogP contribution in [0.2, 0.25) is 0 Å². The number of carbonyl (C=O) groups excluding carboxylic acids is 2. The molecule has 2 amide bonds. The molecule has 1 atom stereocenters. The molecular formula is C25H22N4O3S. The Kier molecular flexibility index (Phi) is 6.28. The normalized spacial score (nSPS) is 11.8. The van der Waals surface area contributed by atoms with Gasteiger partial charge in [-0.1, -0.05) is 41.6 Å². The van der Waals surface area contributed by atoms with Crippen LogP contribution in [0.4, 0.5) is 5.69 Å². The number of nitrogens with zero attached hydrogens (tertiary/aromatic N) is 2. The molecule has 0 bridgehead atoms. The highest BCUT2D eigenvalue weighted by molar-refractivity contribution is 8.00. The van der Waals surface area contributed by atoms with E-state index in [1.165, 1.54) is 16.3 Å². The average Bonchev–Trinajstić information content (AvgIpc) is 2.80. The van der Waals surface area contributed by atoms with Crippen LogP contribution < -0.4 is 16.6 Å². The monoisotopic (exact) mass is 458 g/mol. The maximum absolute atomic E-state index is 13.3. The summed E-state index contributed by atoms with van der Waals surface area (Å²) in [7, 11) is 0. The summed E-state index contributed by atoms with van der Waals surface area (Å²) in [6.07, 6.45) is 0. The van der Waals surface area contributed by atoms with E-state index >= 15 is 0 Å². The second-order valence-corrected chi connectivity index (χ2v) is 8.89. The van der Waals surface area contributed by atoms with Gasteiger partial charge in [-0.05, 0) is 62.4 Å². The molecule has 166 valence electrons. The average molecular weight is 459 g/mol. The molecule has 0 aliphatic carbocycles. The summed E-state index contributed by atoms with van der Waals surface area (Å²) in [5, 5.41) is 3.20. The fourth-order valence-corrected chi connectivity index (χ4v) is 4.21. The van der Waals surface area contributed by atoms with E-state index in [0.29, 0.717) is 33.0 Å². The highest BCUT2D eigenvalue weighted by Crippen LogP contribution is 2.26. The SMILES string of the molecule is Cc1ccc(-n2c(S[C@H](C)C(=O)Nc3ccc(C(N)=O)cc3)nc3ccccc3c2=O)cc1. The van der Waals surface area contributed by atoms with Gasteiger partial charge >= 0.3 is 0 Å². The van der Waals surface area contributed by atoms with Crippen molar-refractivity contribution < 1.29 is 9.59 Å². The summed E-state index contributed by atoms with van der Waals surface area (Å²) >= 11 is 1.20. The van der Waals surface area contributed by atoms with E-state index in [-0.39, 0.29) is 11.5 Å². The van der Waals surface area contributed by atoms with Crippen molar-refractivity contribution in [1.29, 1.82) is 0 Å². The number of benzene rings is 3. The van der Waals surface area contributed by atoms with Crippen LogP contribution in [0, 0.1) is 6.92 Å². The number of fused-ring (bicyclic) bond motifs is 1. The molecule has 3 aromatic carbocycles. The number of nitrogens with two attached hydrogens (primary N) is 1. The lowest BCUT2D eigenvalue weighted by Crippen LogP contribution is -2.26. The number of aryl methyl sites for hydroxylation is 1. The molecule has 33 heavy (non-hydrogen) atoms. The Hall–Kier alpha value is -3.91. The number of anilines is 1. The molecule has 0 aliphatic rings. The second kappa shape index (κ2) is 9.30. The Balaban J connectivity index is 1.66. The molecule has 0 aliphatic heterocycles. The van der Waals surface area contributed by atoms with E-state index < -0.39 is 11.2 Å². The third-order valence-electron chi connectivity index (χ3n) is 5.13. The quantitative estimate of drug-likeness (QED) is 0.336. The first-order valence-electron chi connectivity index (χ1n) is 10.3. The second-order valence-electron chi connectivity index (χ2n) is 7.58. The van der Waals surface area contributed by atoms with E-state index in [1.807, 2.05) is 37.3 Å². The zero-order valence-corrected chi connectivity index (χ0v) is 18.9. The maximum atomic E-state index is 13.3. The van der Waals surface area contributed by atoms with Gasteiger partial charge in [0.05, 0.1) is 21.8 Å². The van der Waals surface area contributed by atoms with E-state index in [2.05, 4.69) is 10.3 Å². The number of aromatic nitrogens is 2. The van der Waals surface area contributed by atoms with E-state index in [9.17, 15) is 14.4 Å². The largest absolute Gasteiger partial charge is 0.366 e. The third-order valence-corrected chi connectivity index (χ3v) is 6.18. The van der Waals surface area contributed by atoms with Crippen LogP contribution in [-0.2, 0) is 4.79 Å². The van der Waals surface area contributed by atoms with Crippen LogP contribution in [0.1, 0.15) is 22.8 Å². The minimum Gasteiger partial charge on any atom is -0.366 e. The minimum absolute atomic E-state index is 0.193. The first kappa shape index (κ1) is 22.3. The van der Waals surface area contributed by atoms with Crippen molar-refractivity contribution in [1.82, 2.24) is 9.55 Å². The fraction of sp³-hybridized carbons (Fsp3) is 0.120. The minimum atomic E-state index is -0.550. The summed E-state index contributed by atoms with van der Waals surface area (Å²) in [5.41, 5.74) is 8.29. The van der Waals surface area contributed by atoms with Gasteiger partial charge in [-0.2, -0.15) is 0 Å². The van der Waals surface area contributed by atoms with Crippen LogP contribution in [0.15, 0.2) is 82.7 Å². The lowest BCUT2D eigenvalue weighted by atomic mass is 10.2. The molecule has 4 rings (SSSR count). The zero-order chi connectivity index (χ0) is 23.5. The molecule has 3 N–H and O–H groups in total. The summed E-state index contributed by atoms with van der Waals surface area (Å²) < 4.78 is 1.54. The number of hydrogen-bond donors (Lipinski definition) is 2. The van der Waals surface area contributed by atoms with Crippen LogP contribution in [0.25, 0.3) is 16.6 Å². The molecule has 4 aromatic rings. The van der Waals surface area contributed by atoms with Crippen molar-refractivity contribution in [3.05, 3.63) is 94.3 Å². The number of para-hydroxylation sites is 1. The van der Waals surface area contributed by atoms with Gasteiger partial charge < -0.3 is 11.1 Å². The molecule has 0 saturated heterocycles. The smallest absolute Gasteiger partial charge is 0.266 e. The number of primary amides is 1. The van der Waals surface area contributed by atoms with Gasteiger partial charge in [0.25, 0.3) is 5.56 Å². The van der Waals surface area contributed by atoms with Crippen molar-refractivity contribution in [2.45, 2.75) is 24.3 Å². The molecule has 0 radical (unpaired) electrons. The molecular weight excluding hydrogens is 436 g/mol. The number of rotatable bonds is 6. The van der Waals surface area contributed by atoms with E-state index in [1.54, 1.807) is 49.4 Å². The first-order valence-corrected chi connectivity index (χ1v) is 11.2. The number of carbonyl (C=O) groups is 2. The van der Waals surface area contributed by atoms with Crippen molar-refractivity contribution in [3.8, 4) is 5.69 Å². The summed E-state index contributed by atoms with van der Waals surface area (Å²) in [6.45, 7) is 3.72. The highest BCUT2D eigenvalue weighted by Gasteiger charge is 2.20. The molecule has 1 aromatic heterocycles. The first-order chi connectivity index (χ1) is 15.8. The lowest BCUT2D eigenvalue weighted by molar-refractivity contribution is -0.115. The van der Waals surface area contributed by atoms with Gasteiger partial charge in [0, 0.05) is 11.3 Å². The van der Waals surface area contributed by atoms with Gasteiger partial charge in [0.2, 0.25) is 11.8 Å². The van der Waals surface area contributed by atoms with Crippen LogP contribution >= 0.6 is 11.8 Å². The zero-order valence-electron chi connectivity index (χ0n) is 18.1. The molecule has 0 spiro atoms. The molecule has 1 heterocycles. The topological polar surface area (TPSA) is 107 Å². The van der Waals surface area contributed by atoms with Gasteiger partial charge in [0.15, 0.2) is 5.16 Å². The summed E-state index contributed by atoms with van der Waals surface area (Å²) in [4.78, 5) is 42.1. The van der Waals surface area contributed by atoms with E-state index in [4.69, 9.17) is 5.73 Å².